The van der Waals surface area contributed by atoms with E-state index >= 15 is 0 Å². The highest BCUT2D eigenvalue weighted by Gasteiger charge is 2.54. The summed E-state index contributed by atoms with van der Waals surface area (Å²) in [6, 6.07) is 36.8. The Bertz CT molecular complexity index is 1230. The van der Waals surface area contributed by atoms with Gasteiger partial charge in [0, 0.05) is 17.1 Å². The second-order valence-corrected chi connectivity index (χ2v) is 9.38. The van der Waals surface area contributed by atoms with E-state index in [0.29, 0.717) is 0 Å². The minimum absolute atomic E-state index is 0.113. The Labute approximate surface area is 190 Å². The van der Waals surface area contributed by atoms with Crippen LogP contribution in [0.1, 0.15) is 37.8 Å². The van der Waals surface area contributed by atoms with Crippen LogP contribution in [0.3, 0.4) is 0 Å². The van der Waals surface area contributed by atoms with Gasteiger partial charge in [-0.2, -0.15) is 0 Å². The molecule has 0 radical (unpaired) electrons. The van der Waals surface area contributed by atoms with Gasteiger partial charge in [-0.3, -0.25) is 0 Å². The zero-order valence-corrected chi connectivity index (χ0v) is 18.6. The predicted molar refractivity (Wildman–Crippen MR) is 132 cm³/mol. The lowest BCUT2D eigenvalue weighted by atomic mass is 9.77. The molecule has 2 aliphatic rings. The molecule has 158 valence electrons. The van der Waals surface area contributed by atoms with Crippen LogP contribution < -0.4 is 4.90 Å². The van der Waals surface area contributed by atoms with E-state index < -0.39 is 0 Å². The molecular formula is C30H27NO. The summed E-state index contributed by atoms with van der Waals surface area (Å²) in [7, 11) is 0. The largest absolute Gasteiger partial charge is 0.360 e. The van der Waals surface area contributed by atoms with E-state index in [1.165, 1.54) is 22.3 Å². The molecule has 2 aliphatic heterocycles. The van der Waals surface area contributed by atoms with Gasteiger partial charge in [-0.05, 0) is 91.4 Å². The van der Waals surface area contributed by atoms with Crippen molar-refractivity contribution in [3.05, 3.63) is 114 Å². The fourth-order valence-electron chi connectivity index (χ4n) is 5.48. The molecule has 6 rings (SSSR count). The van der Waals surface area contributed by atoms with Gasteiger partial charge in [0.25, 0.3) is 0 Å². The summed E-state index contributed by atoms with van der Waals surface area (Å²) in [5.41, 5.74) is 8.41. The molecule has 0 amide bonds. The highest BCUT2D eigenvalue weighted by atomic mass is 16.5. The monoisotopic (exact) mass is 417 g/mol. The number of para-hydroxylation sites is 2. The van der Waals surface area contributed by atoms with E-state index in [4.69, 9.17) is 4.74 Å². The normalized spacial score (nSPS) is 23.2. The van der Waals surface area contributed by atoms with Gasteiger partial charge in [0.2, 0.25) is 0 Å². The molecule has 0 aliphatic carbocycles. The third-order valence-electron chi connectivity index (χ3n) is 7.18. The zero-order chi connectivity index (χ0) is 21.8. The number of rotatable bonds is 4. The Morgan fingerprint density at radius 1 is 0.562 bits per heavy atom. The van der Waals surface area contributed by atoms with Gasteiger partial charge in [-0.15, -0.1) is 0 Å². The van der Waals surface area contributed by atoms with Crippen molar-refractivity contribution in [3.63, 3.8) is 0 Å². The minimum Gasteiger partial charge on any atom is -0.360 e. The highest BCUT2D eigenvalue weighted by molar-refractivity contribution is 5.78. The molecule has 4 aromatic carbocycles. The Balaban J connectivity index is 1.38. The van der Waals surface area contributed by atoms with Crippen LogP contribution in [0.15, 0.2) is 103 Å². The summed E-state index contributed by atoms with van der Waals surface area (Å²) in [6.07, 6.45) is 2.21. The molecule has 4 aromatic rings. The number of anilines is 3. The molecule has 2 unspecified atom stereocenters. The molecule has 2 heteroatoms. The van der Waals surface area contributed by atoms with Gasteiger partial charge in [0.15, 0.2) is 0 Å². The first-order chi connectivity index (χ1) is 15.6. The van der Waals surface area contributed by atoms with Crippen LogP contribution in [0, 0.1) is 0 Å². The van der Waals surface area contributed by atoms with Crippen LogP contribution in [0.2, 0.25) is 0 Å². The Morgan fingerprint density at radius 3 is 1.66 bits per heavy atom. The van der Waals surface area contributed by atoms with Crippen molar-refractivity contribution in [2.24, 2.45) is 0 Å². The fourth-order valence-corrected chi connectivity index (χ4v) is 5.48. The minimum atomic E-state index is -0.141. The van der Waals surface area contributed by atoms with Gasteiger partial charge in [-0.25, -0.2) is 0 Å². The van der Waals surface area contributed by atoms with Gasteiger partial charge in [-0.1, -0.05) is 60.7 Å². The van der Waals surface area contributed by atoms with E-state index in [2.05, 4.69) is 122 Å². The van der Waals surface area contributed by atoms with Crippen LogP contribution in [0.5, 0.6) is 0 Å². The molecule has 2 heterocycles. The number of hydrogen-bond donors (Lipinski definition) is 0. The second kappa shape index (κ2) is 7.08. The summed E-state index contributed by atoms with van der Waals surface area (Å²) in [5, 5.41) is 0. The van der Waals surface area contributed by atoms with Crippen LogP contribution in [-0.4, -0.2) is 0 Å². The van der Waals surface area contributed by atoms with Gasteiger partial charge >= 0.3 is 0 Å². The van der Waals surface area contributed by atoms with Crippen molar-refractivity contribution < 1.29 is 4.74 Å². The molecule has 0 N–H and O–H groups in total. The standard InChI is InChI=1S/C30H27NO/c1-29-19-20-30(2,32-29)28-21-23(15-18-27(28)29)22-13-16-26(17-14-22)31(24-9-5-3-6-10-24)25-11-7-4-8-12-25/h3-18,21H,19-20H2,1-2H3. The van der Waals surface area contributed by atoms with E-state index in [1.54, 1.807) is 0 Å². The SMILES string of the molecule is CC12CCC(C)(O1)c1cc(-c3ccc(N(c4ccccc4)c4ccccc4)cc3)ccc12. The average molecular weight is 418 g/mol. The Hall–Kier alpha value is -3.36. The highest BCUT2D eigenvalue weighted by Crippen LogP contribution is 2.58. The lowest BCUT2D eigenvalue weighted by Crippen LogP contribution is -2.17. The molecule has 0 aromatic heterocycles. The summed E-state index contributed by atoms with van der Waals surface area (Å²) < 4.78 is 6.45. The number of nitrogens with zero attached hydrogens (tertiary/aromatic N) is 1. The maximum absolute atomic E-state index is 6.45. The smallest absolute Gasteiger partial charge is 0.0920 e. The zero-order valence-electron chi connectivity index (χ0n) is 18.6. The van der Waals surface area contributed by atoms with Crippen LogP contribution in [0.25, 0.3) is 11.1 Å². The topological polar surface area (TPSA) is 12.5 Å². The average Bonchev–Trinajstić information content (AvgIpc) is 3.28. The van der Waals surface area contributed by atoms with E-state index in [0.717, 1.165) is 29.9 Å². The summed E-state index contributed by atoms with van der Waals surface area (Å²) >= 11 is 0. The summed E-state index contributed by atoms with van der Waals surface area (Å²) in [6.45, 7) is 4.48. The first kappa shape index (κ1) is 19.3. The van der Waals surface area contributed by atoms with Crippen LogP contribution >= 0.6 is 0 Å². The first-order valence-electron chi connectivity index (χ1n) is 11.4. The van der Waals surface area contributed by atoms with Crippen LogP contribution in [0.4, 0.5) is 17.1 Å². The number of ether oxygens (including phenoxy) is 1. The molecule has 2 atom stereocenters. The van der Waals surface area contributed by atoms with Crippen molar-refractivity contribution in [1.29, 1.82) is 0 Å². The lowest BCUT2D eigenvalue weighted by Gasteiger charge is -2.26. The third-order valence-corrected chi connectivity index (χ3v) is 7.18. The molecule has 2 nitrogen and oxygen atoms in total. The van der Waals surface area contributed by atoms with Gasteiger partial charge in [0.1, 0.15) is 0 Å². The van der Waals surface area contributed by atoms with Crippen LogP contribution in [-0.2, 0) is 15.9 Å². The molecule has 1 saturated heterocycles. The Kier molecular flexibility index (Phi) is 4.28. The van der Waals surface area contributed by atoms with Crippen molar-refractivity contribution >= 4 is 17.1 Å². The number of hydrogen-bond acceptors (Lipinski definition) is 2. The predicted octanol–water partition coefficient (Wildman–Crippen LogP) is 8.08. The lowest BCUT2D eigenvalue weighted by molar-refractivity contribution is -0.0662. The second-order valence-electron chi connectivity index (χ2n) is 9.38. The van der Waals surface area contributed by atoms with Gasteiger partial charge in [0.05, 0.1) is 11.2 Å². The molecular weight excluding hydrogens is 390 g/mol. The molecule has 2 bridgehead atoms. The summed E-state index contributed by atoms with van der Waals surface area (Å²) in [5.74, 6) is 0. The molecule has 0 spiro atoms. The van der Waals surface area contributed by atoms with E-state index in [-0.39, 0.29) is 11.2 Å². The summed E-state index contributed by atoms with van der Waals surface area (Å²) in [4.78, 5) is 2.29. The van der Waals surface area contributed by atoms with Gasteiger partial charge < -0.3 is 9.64 Å². The van der Waals surface area contributed by atoms with E-state index in [9.17, 15) is 0 Å². The third kappa shape index (κ3) is 2.98. The number of benzene rings is 4. The quantitative estimate of drug-likeness (QED) is 0.333. The Morgan fingerprint density at radius 2 is 1.06 bits per heavy atom. The van der Waals surface area contributed by atoms with Crippen molar-refractivity contribution in [1.82, 2.24) is 0 Å². The van der Waals surface area contributed by atoms with Crippen molar-refractivity contribution in [2.75, 3.05) is 4.90 Å². The maximum Gasteiger partial charge on any atom is 0.0920 e. The molecule has 0 saturated carbocycles. The van der Waals surface area contributed by atoms with E-state index in [1.807, 2.05) is 0 Å². The van der Waals surface area contributed by atoms with Crippen molar-refractivity contribution in [3.8, 4) is 11.1 Å². The molecule has 32 heavy (non-hydrogen) atoms. The van der Waals surface area contributed by atoms with Crippen molar-refractivity contribution in [2.45, 2.75) is 37.9 Å². The first-order valence-corrected chi connectivity index (χ1v) is 11.4. The fraction of sp³-hybridized carbons (Fsp3) is 0.200. The molecule has 1 fully saturated rings. The maximum atomic E-state index is 6.45. The number of fused-ring (bicyclic) bond motifs is 5.